The molecule has 1 aliphatic heterocycles. The van der Waals surface area contributed by atoms with Crippen molar-refractivity contribution < 1.29 is 14.6 Å². The largest absolute Gasteiger partial charge is 0.497 e. The average molecular weight is 221 g/mol. The molecule has 0 aliphatic carbocycles. The number of nitrogens with zero attached hydrogens (tertiary/aromatic N) is 1. The third-order valence-electron chi connectivity index (χ3n) is 3.03. The molecule has 0 radical (unpaired) electrons. The summed E-state index contributed by atoms with van der Waals surface area (Å²) in [6.45, 7) is 0. The van der Waals surface area contributed by atoms with Crippen LogP contribution >= 0.6 is 0 Å². The van der Waals surface area contributed by atoms with Crippen LogP contribution in [0.15, 0.2) is 24.3 Å². The lowest BCUT2D eigenvalue weighted by molar-refractivity contribution is -0.134. The highest BCUT2D eigenvalue weighted by Gasteiger charge is 2.36. The molecule has 0 bridgehead atoms. The maximum atomic E-state index is 11.5. The molecule has 1 aliphatic rings. The van der Waals surface area contributed by atoms with Crippen LogP contribution in [0.3, 0.4) is 0 Å². The van der Waals surface area contributed by atoms with Crippen LogP contribution in [0.1, 0.15) is 18.0 Å². The molecule has 1 aromatic rings. The summed E-state index contributed by atoms with van der Waals surface area (Å²) in [5.74, 6) is 0.549. The van der Waals surface area contributed by atoms with Gasteiger partial charge >= 0.3 is 0 Å². The van der Waals surface area contributed by atoms with E-state index in [0.717, 1.165) is 11.3 Å². The molecule has 0 saturated carbocycles. The van der Waals surface area contributed by atoms with Crippen LogP contribution in [-0.2, 0) is 4.79 Å². The van der Waals surface area contributed by atoms with Crippen LogP contribution < -0.4 is 4.74 Å². The van der Waals surface area contributed by atoms with Gasteiger partial charge in [-0.15, -0.1) is 0 Å². The number of likely N-dealkylation sites (tertiary alicyclic amines) is 1. The van der Waals surface area contributed by atoms with E-state index in [1.54, 1.807) is 19.1 Å². The fourth-order valence-electron chi connectivity index (χ4n) is 2.07. The van der Waals surface area contributed by atoms with E-state index in [4.69, 9.17) is 4.74 Å². The first-order chi connectivity index (χ1) is 7.63. The maximum Gasteiger partial charge on any atom is 0.251 e. The summed E-state index contributed by atoms with van der Waals surface area (Å²) in [5, 5.41) is 9.50. The van der Waals surface area contributed by atoms with Gasteiger partial charge in [-0.2, -0.15) is 0 Å². The number of carbonyl (C=O) groups excluding carboxylic acids is 1. The number of ether oxygens (including phenoxy) is 1. The summed E-state index contributed by atoms with van der Waals surface area (Å²) in [7, 11) is 3.32. The van der Waals surface area contributed by atoms with E-state index in [0.29, 0.717) is 6.42 Å². The van der Waals surface area contributed by atoms with Gasteiger partial charge in [0.15, 0.2) is 0 Å². The van der Waals surface area contributed by atoms with Gasteiger partial charge in [0, 0.05) is 13.5 Å². The van der Waals surface area contributed by atoms with Crippen LogP contribution in [0, 0.1) is 0 Å². The zero-order valence-electron chi connectivity index (χ0n) is 9.38. The minimum absolute atomic E-state index is 0.0578. The second kappa shape index (κ2) is 4.14. The van der Waals surface area contributed by atoms with Gasteiger partial charge in [0.05, 0.1) is 13.2 Å². The highest BCUT2D eigenvalue weighted by Crippen LogP contribution is 2.32. The fraction of sp³-hybridized carbons (Fsp3) is 0.417. The monoisotopic (exact) mass is 221 g/mol. The molecule has 1 amide bonds. The van der Waals surface area contributed by atoms with Gasteiger partial charge in [0.25, 0.3) is 5.91 Å². The Morgan fingerprint density at radius 3 is 2.81 bits per heavy atom. The minimum atomic E-state index is -0.874. The Hall–Kier alpha value is -1.55. The lowest BCUT2D eigenvalue weighted by Crippen LogP contribution is -2.26. The lowest BCUT2D eigenvalue weighted by atomic mass is 10.0. The number of aliphatic hydroxyl groups excluding tert-OH is 1. The Balaban J connectivity index is 2.27. The Labute approximate surface area is 94.4 Å². The summed E-state index contributed by atoms with van der Waals surface area (Å²) in [6.07, 6.45) is -0.427. The smallest absolute Gasteiger partial charge is 0.251 e. The van der Waals surface area contributed by atoms with Crippen molar-refractivity contribution in [2.45, 2.75) is 18.6 Å². The van der Waals surface area contributed by atoms with E-state index in [1.807, 2.05) is 24.3 Å². The van der Waals surface area contributed by atoms with E-state index < -0.39 is 6.10 Å². The van der Waals surface area contributed by atoms with E-state index in [-0.39, 0.29) is 11.9 Å². The van der Waals surface area contributed by atoms with Crippen molar-refractivity contribution in [2.75, 3.05) is 14.2 Å². The van der Waals surface area contributed by atoms with Crippen LogP contribution in [-0.4, -0.2) is 36.2 Å². The Kier molecular flexibility index (Phi) is 2.83. The van der Waals surface area contributed by atoms with Crippen LogP contribution in [0.25, 0.3) is 0 Å². The molecular formula is C12H15NO3. The van der Waals surface area contributed by atoms with Gasteiger partial charge in [-0.05, 0) is 17.7 Å². The zero-order valence-corrected chi connectivity index (χ0v) is 9.38. The van der Waals surface area contributed by atoms with E-state index in [9.17, 15) is 9.90 Å². The second-order valence-corrected chi connectivity index (χ2v) is 3.99. The maximum absolute atomic E-state index is 11.5. The third-order valence-corrected chi connectivity index (χ3v) is 3.03. The molecule has 0 unspecified atom stereocenters. The van der Waals surface area contributed by atoms with E-state index in [1.165, 1.54) is 0 Å². The first kappa shape index (κ1) is 11.0. The quantitative estimate of drug-likeness (QED) is 0.809. The number of likely N-dealkylation sites (N-methyl/N-ethyl adjacent to an activating group) is 1. The molecule has 1 heterocycles. The number of rotatable bonds is 2. The van der Waals surface area contributed by atoms with Crippen LogP contribution in [0.4, 0.5) is 0 Å². The van der Waals surface area contributed by atoms with Gasteiger partial charge in [-0.1, -0.05) is 12.1 Å². The SMILES string of the molecule is COc1cccc([C@H]2C[C@@H](O)C(=O)N2C)c1. The first-order valence-electron chi connectivity index (χ1n) is 5.22. The molecule has 0 spiro atoms. The second-order valence-electron chi connectivity index (χ2n) is 3.99. The molecule has 16 heavy (non-hydrogen) atoms. The van der Waals surface area contributed by atoms with Crippen molar-refractivity contribution in [1.82, 2.24) is 4.90 Å². The number of aliphatic hydroxyl groups is 1. The van der Waals surface area contributed by atoms with Crippen molar-refractivity contribution >= 4 is 5.91 Å². The molecule has 1 N–H and O–H groups in total. The van der Waals surface area contributed by atoms with Crippen molar-refractivity contribution in [3.8, 4) is 5.75 Å². The predicted molar refractivity (Wildman–Crippen MR) is 59.1 cm³/mol. The van der Waals surface area contributed by atoms with Crippen LogP contribution in [0.5, 0.6) is 5.75 Å². The molecule has 2 atom stereocenters. The van der Waals surface area contributed by atoms with Crippen molar-refractivity contribution in [1.29, 1.82) is 0 Å². The van der Waals surface area contributed by atoms with Gasteiger partial charge < -0.3 is 14.7 Å². The zero-order chi connectivity index (χ0) is 11.7. The summed E-state index contributed by atoms with van der Waals surface area (Å²) < 4.78 is 5.14. The molecular weight excluding hydrogens is 206 g/mol. The standard InChI is InChI=1S/C12H15NO3/c1-13-10(7-11(14)12(13)15)8-4-3-5-9(6-8)16-2/h3-6,10-11,14H,7H2,1-2H3/t10-,11-/m1/s1. The van der Waals surface area contributed by atoms with Crippen molar-refractivity contribution in [2.24, 2.45) is 0 Å². The fourth-order valence-corrected chi connectivity index (χ4v) is 2.07. The molecule has 86 valence electrons. The number of hydrogen-bond donors (Lipinski definition) is 1. The number of carbonyl (C=O) groups is 1. The summed E-state index contributed by atoms with van der Waals surface area (Å²) >= 11 is 0. The summed E-state index contributed by atoms with van der Waals surface area (Å²) in [6, 6.07) is 7.52. The van der Waals surface area contributed by atoms with Gasteiger partial charge in [0.1, 0.15) is 11.9 Å². The van der Waals surface area contributed by atoms with Gasteiger partial charge in [-0.3, -0.25) is 4.79 Å². The highest BCUT2D eigenvalue weighted by molar-refractivity contribution is 5.83. The van der Waals surface area contributed by atoms with Crippen LogP contribution in [0.2, 0.25) is 0 Å². The number of methoxy groups -OCH3 is 1. The average Bonchev–Trinajstić information content (AvgIpc) is 2.57. The summed E-state index contributed by atoms with van der Waals surface area (Å²) in [4.78, 5) is 13.1. The minimum Gasteiger partial charge on any atom is -0.497 e. The molecule has 4 heteroatoms. The normalized spacial score (nSPS) is 24.9. The lowest BCUT2D eigenvalue weighted by Gasteiger charge is -2.20. The summed E-state index contributed by atoms with van der Waals surface area (Å²) in [5.41, 5.74) is 0.992. The predicted octanol–water partition coefficient (Wildman–Crippen LogP) is 0.959. The number of hydrogen-bond acceptors (Lipinski definition) is 3. The molecule has 2 rings (SSSR count). The molecule has 1 fully saturated rings. The van der Waals surface area contributed by atoms with Crippen molar-refractivity contribution in [3.05, 3.63) is 29.8 Å². The highest BCUT2D eigenvalue weighted by atomic mass is 16.5. The molecule has 1 aromatic carbocycles. The topological polar surface area (TPSA) is 49.8 Å². The molecule has 0 aromatic heterocycles. The Morgan fingerprint density at radius 2 is 2.25 bits per heavy atom. The van der Waals surface area contributed by atoms with E-state index in [2.05, 4.69) is 0 Å². The van der Waals surface area contributed by atoms with Crippen molar-refractivity contribution in [3.63, 3.8) is 0 Å². The number of amides is 1. The molecule has 4 nitrogen and oxygen atoms in total. The van der Waals surface area contributed by atoms with E-state index >= 15 is 0 Å². The van der Waals surface area contributed by atoms with Gasteiger partial charge in [0.2, 0.25) is 0 Å². The van der Waals surface area contributed by atoms with Gasteiger partial charge in [-0.25, -0.2) is 0 Å². The number of benzene rings is 1. The Morgan fingerprint density at radius 1 is 1.50 bits per heavy atom. The third kappa shape index (κ3) is 1.76. The Bertz CT molecular complexity index is 405. The first-order valence-corrected chi connectivity index (χ1v) is 5.22. The molecule has 1 saturated heterocycles.